The molecule has 1 nitrogen and oxygen atoms in total. The maximum atomic E-state index is 12.9. The number of hydrogen-bond acceptors (Lipinski definition) is 2. The van der Waals surface area contributed by atoms with Crippen LogP contribution in [0.3, 0.4) is 0 Å². The molecule has 80 valence electrons. The molecule has 1 heterocycles. The summed E-state index contributed by atoms with van der Waals surface area (Å²) in [7, 11) is 0. The fourth-order valence-corrected chi connectivity index (χ4v) is 2.61. The second kappa shape index (κ2) is 3.81. The van der Waals surface area contributed by atoms with Crippen LogP contribution in [-0.2, 0) is 0 Å². The highest BCUT2D eigenvalue weighted by molar-refractivity contribution is 9.10. The molecule has 1 unspecified atom stereocenters. The van der Waals surface area contributed by atoms with E-state index in [9.17, 15) is 13.9 Å². The molecule has 1 atom stereocenters. The van der Waals surface area contributed by atoms with E-state index in [0.717, 1.165) is 4.70 Å². The normalized spacial score (nSPS) is 14.4. The van der Waals surface area contributed by atoms with Crippen LogP contribution >= 0.6 is 27.3 Å². The number of thiophene rings is 1. The first kappa shape index (κ1) is 11.0. The average Bonchev–Trinajstić information content (AvgIpc) is 2.58. The van der Waals surface area contributed by atoms with Crippen molar-refractivity contribution in [3.63, 3.8) is 0 Å². The molecule has 0 amide bonds. The number of benzene rings is 1. The molecule has 0 aliphatic rings. The molecule has 0 spiro atoms. The Kier molecular flexibility index (Phi) is 2.79. The predicted molar refractivity (Wildman–Crippen MR) is 60.7 cm³/mol. The lowest BCUT2D eigenvalue weighted by Crippen LogP contribution is -2.17. The number of hydrogen-bond donors (Lipinski definition) is 1. The van der Waals surface area contributed by atoms with Crippen molar-refractivity contribution in [2.75, 3.05) is 0 Å². The minimum Gasteiger partial charge on any atom is -0.381 e. The van der Waals surface area contributed by atoms with E-state index in [1.165, 1.54) is 11.3 Å². The van der Waals surface area contributed by atoms with Crippen molar-refractivity contribution in [1.82, 2.24) is 0 Å². The molecule has 15 heavy (non-hydrogen) atoms. The lowest BCUT2D eigenvalue weighted by molar-refractivity contribution is -0.0284. The Bertz CT molecular complexity index is 477. The third-order valence-electron chi connectivity index (χ3n) is 2.12. The number of halogens is 3. The summed E-state index contributed by atoms with van der Waals surface area (Å²) in [5, 5.41) is 11.7. The van der Waals surface area contributed by atoms with Gasteiger partial charge in [0, 0.05) is 10.3 Å². The molecule has 0 saturated heterocycles. The summed E-state index contributed by atoms with van der Waals surface area (Å²) in [5.41, 5.74) is 0.262. The van der Waals surface area contributed by atoms with Gasteiger partial charge in [-0.3, -0.25) is 0 Å². The molecular formula is C10H7BrF2OS. The van der Waals surface area contributed by atoms with Crippen LogP contribution < -0.4 is 0 Å². The van der Waals surface area contributed by atoms with E-state index >= 15 is 0 Å². The van der Waals surface area contributed by atoms with Crippen molar-refractivity contribution in [2.24, 2.45) is 0 Å². The zero-order chi connectivity index (χ0) is 11.1. The van der Waals surface area contributed by atoms with Crippen molar-refractivity contribution in [3.8, 4) is 0 Å². The fraction of sp³-hybridized carbons (Fsp3) is 0.200. The van der Waals surface area contributed by atoms with Crippen LogP contribution in [0.5, 0.6) is 0 Å². The van der Waals surface area contributed by atoms with Gasteiger partial charge in [-0.2, -0.15) is 8.78 Å². The molecule has 0 aliphatic heterocycles. The minimum absolute atomic E-state index is 0.262. The van der Waals surface area contributed by atoms with Gasteiger partial charge in [0.1, 0.15) is 0 Å². The fourth-order valence-electron chi connectivity index (χ4n) is 1.39. The van der Waals surface area contributed by atoms with E-state index in [2.05, 4.69) is 15.9 Å². The predicted octanol–water partition coefficient (Wildman–Crippen LogP) is 3.92. The molecular weight excluding hydrogens is 286 g/mol. The number of aliphatic hydroxyl groups excluding tert-OH is 1. The first-order chi connectivity index (χ1) is 7.00. The van der Waals surface area contributed by atoms with Crippen LogP contribution in [0.25, 0.3) is 10.1 Å². The zero-order valence-corrected chi connectivity index (χ0v) is 9.86. The highest BCUT2D eigenvalue weighted by Crippen LogP contribution is 2.41. The van der Waals surface area contributed by atoms with Gasteiger partial charge in [-0.25, -0.2) is 0 Å². The molecule has 0 fully saturated rings. The summed E-state index contributed by atoms with van der Waals surface area (Å²) < 4.78 is 26.6. The molecule has 0 radical (unpaired) electrons. The Morgan fingerprint density at radius 2 is 2.00 bits per heavy atom. The second-order valence-electron chi connectivity index (χ2n) is 3.13. The molecule has 0 saturated carbocycles. The Labute approximate surface area is 97.5 Å². The van der Waals surface area contributed by atoms with Gasteiger partial charge in [0.25, 0.3) is 0 Å². The van der Waals surface area contributed by atoms with Crippen molar-refractivity contribution in [1.29, 1.82) is 0 Å². The van der Waals surface area contributed by atoms with Crippen molar-refractivity contribution < 1.29 is 13.9 Å². The highest BCUT2D eigenvalue weighted by Gasteiger charge is 2.37. The SMILES string of the molecule is OC(c1csc2ccccc12)C(F)(F)Br. The van der Waals surface area contributed by atoms with Crippen LogP contribution in [0.1, 0.15) is 11.7 Å². The second-order valence-corrected chi connectivity index (χ2v) is 5.10. The number of aliphatic hydroxyl groups is 1. The van der Waals surface area contributed by atoms with Crippen molar-refractivity contribution in [3.05, 3.63) is 35.2 Å². The lowest BCUT2D eigenvalue weighted by atomic mass is 10.1. The Morgan fingerprint density at radius 3 is 2.67 bits per heavy atom. The van der Waals surface area contributed by atoms with Gasteiger partial charge in [-0.05, 0) is 32.8 Å². The molecule has 2 aromatic rings. The first-order valence-corrected chi connectivity index (χ1v) is 5.88. The number of alkyl halides is 3. The lowest BCUT2D eigenvalue weighted by Gasteiger charge is -2.15. The summed E-state index contributed by atoms with van der Waals surface area (Å²) in [6.07, 6.45) is -1.81. The van der Waals surface area contributed by atoms with Gasteiger partial charge >= 0.3 is 4.83 Å². The topological polar surface area (TPSA) is 20.2 Å². The Balaban J connectivity index is 2.53. The molecule has 1 aromatic heterocycles. The van der Waals surface area contributed by atoms with E-state index in [-0.39, 0.29) is 5.56 Å². The number of fused-ring (bicyclic) bond motifs is 1. The smallest absolute Gasteiger partial charge is 0.330 e. The number of rotatable bonds is 2. The van der Waals surface area contributed by atoms with Gasteiger partial charge in [0.2, 0.25) is 0 Å². The van der Waals surface area contributed by atoms with Crippen LogP contribution in [0, 0.1) is 0 Å². The molecule has 1 aromatic carbocycles. The molecule has 0 aliphatic carbocycles. The van der Waals surface area contributed by atoms with Gasteiger partial charge < -0.3 is 5.11 Å². The quantitative estimate of drug-likeness (QED) is 0.832. The van der Waals surface area contributed by atoms with E-state index in [1.54, 1.807) is 17.5 Å². The van der Waals surface area contributed by atoms with Gasteiger partial charge in [0.15, 0.2) is 6.10 Å². The van der Waals surface area contributed by atoms with E-state index in [0.29, 0.717) is 5.39 Å². The van der Waals surface area contributed by atoms with Gasteiger partial charge in [0.05, 0.1) is 0 Å². The van der Waals surface area contributed by atoms with Gasteiger partial charge in [-0.15, -0.1) is 11.3 Å². The maximum Gasteiger partial charge on any atom is 0.330 e. The minimum atomic E-state index is -3.29. The summed E-state index contributed by atoms with van der Waals surface area (Å²) >= 11 is 3.52. The third-order valence-corrected chi connectivity index (χ3v) is 3.53. The zero-order valence-electron chi connectivity index (χ0n) is 7.45. The maximum absolute atomic E-state index is 12.9. The van der Waals surface area contributed by atoms with Gasteiger partial charge in [-0.1, -0.05) is 18.2 Å². The molecule has 5 heteroatoms. The Morgan fingerprint density at radius 1 is 1.33 bits per heavy atom. The Hall–Kier alpha value is -0.520. The van der Waals surface area contributed by atoms with Crippen LogP contribution in [0.4, 0.5) is 8.78 Å². The molecule has 2 rings (SSSR count). The van der Waals surface area contributed by atoms with Crippen molar-refractivity contribution >= 4 is 37.4 Å². The summed E-state index contributed by atoms with van der Waals surface area (Å²) in [4.78, 5) is -3.29. The standard InChI is InChI=1S/C10H7BrF2OS/c11-10(12,13)9(14)7-5-15-8-4-2-1-3-6(7)8/h1-5,9,14H. The largest absolute Gasteiger partial charge is 0.381 e. The van der Waals surface area contributed by atoms with Crippen LogP contribution in [-0.4, -0.2) is 9.94 Å². The first-order valence-electron chi connectivity index (χ1n) is 4.21. The third kappa shape index (κ3) is 2.04. The van der Waals surface area contributed by atoms with E-state index < -0.39 is 10.9 Å². The monoisotopic (exact) mass is 292 g/mol. The summed E-state index contributed by atoms with van der Waals surface area (Å²) in [5.74, 6) is 0. The van der Waals surface area contributed by atoms with E-state index in [4.69, 9.17) is 0 Å². The highest BCUT2D eigenvalue weighted by atomic mass is 79.9. The van der Waals surface area contributed by atoms with Crippen LogP contribution in [0.15, 0.2) is 29.6 Å². The summed E-state index contributed by atoms with van der Waals surface area (Å²) in [6, 6.07) is 7.16. The molecule has 0 bridgehead atoms. The van der Waals surface area contributed by atoms with Crippen molar-refractivity contribution in [2.45, 2.75) is 10.9 Å². The molecule has 1 N–H and O–H groups in total. The van der Waals surface area contributed by atoms with E-state index in [1.807, 2.05) is 12.1 Å². The average molecular weight is 293 g/mol. The van der Waals surface area contributed by atoms with Crippen LogP contribution in [0.2, 0.25) is 0 Å². The summed E-state index contributed by atoms with van der Waals surface area (Å²) in [6.45, 7) is 0.